The van der Waals surface area contributed by atoms with E-state index in [9.17, 15) is 0 Å². The summed E-state index contributed by atoms with van der Waals surface area (Å²) in [6, 6.07) is 5.02. The molecule has 1 atom stereocenters. The van der Waals surface area contributed by atoms with Crippen LogP contribution in [0.3, 0.4) is 0 Å². The standard InChI is InChI=1S/C11H7N4O2/c1-16-10-3-2-9(17-10)11(6-14,7-15)8(4-12)5-13/h2-3,9,12H,1H3/q+1. The van der Waals surface area contributed by atoms with Crippen LogP contribution in [0.15, 0.2) is 17.7 Å². The van der Waals surface area contributed by atoms with Gasteiger partial charge in [-0.2, -0.15) is 15.8 Å². The topological polar surface area (TPSA) is 116 Å². The van der Waals surface area contributed by atoms with Crippen LogP contribution in [0, 0.1) is 44.8 Å². The van der Waals surface area contributed by atoms with Crippen molar-refractivity contribution < 1.29 is 9.16 Å². The highest BCUT2D eigenvalue weighted by atomic mass is 16.6. The molecule has 0 aromatic carbocycles. The van der Waals surface area contributed by atoms with E-state index in [0.717, 1.165) is 0 Å². The molecule has 0 aromatic rings. The third kappa shape index (κ3) is 1.79. The van der Waals surface area contributed by atoms with E-state index in [4.69, 9.17) is 30.4 Å². The molecule has 17 heavy (non-hydrogen) atoms. The van der Waals surface area contributed by atoms with Gasteiger partial charge in [-0.3, -0.25) is 5.41 Å². The van der Waals surface area contributed by atoms with Gasteiger partial charge < -0.3 is 9.16 Å². The summed E-state index contributed by atoms with van der Waals surface area (Å²) in [5.74, 6) is 1.95. The van der Waals surface area contributed by atoms with Gasteiger partial charge in [-0.05, 0) is 5.87 Å². The van der Waals surface area contributed by atoms with Crippen molar-refractivity contribution in [2.75, 3.05) is 7.11 Å². The maximum Gasteiger partial charge on any atom is 0.512 e. The molecule has 6 nitrogen and oxygen atoms in total. The number of nitrogens with zero attached hydrogens (tertiary/aromatic N) is 3. The van der Waals surface area contributed by atoms with E-state index in [-0.39, 0.29) is 5.97 Å². The lowest BCUT2D eigenvalue weighted by Crippen LogP contribution is -2.34. The third-order valence-electron chi connectivity index (χ3n) is 2.26. The van der Waals surface area contributed by atoms with Crippen LogP contribution >= 0.6 is 0 Å². The summed E-state index contributed by atoms with van der Waals surface area (Å²) in [7, 11) is 1.38. The summed E-state index contributed by atoms with van der Waals surface area (Å²) in [5, 5.41) is 34.0. The maximum absolute atomic E-state index is 9.10. The molecule has 0 saturated heterocycles. The summed E-state index contributed by atoms with van der Waals surface area (Å²) in [6.07, 6.45) is 1.90. The lowest BCUT2D eigenvalue weighted by Gasteiger charge is -2.16. The summed E-state index contributed by atoms with van der Waals surface area (Å²) in [6.45, 7) is 0. The maximum atomic E-state index is 9.10. The van der Waals surface area contributed by atoms with E-state index in [2.05, 4.69) is 0 Å². The van der Waals surface area contributed by atoms with Crippen LogP contribution in [0.1, 0.15) is 0 Å². The Bertz CT molecular complexity index is 548. The van der Waals surface area contributed by atoms with E-state index in [0.29, 0.717) is 0 Å². The molecule has 0 fully saturated rings. The summed E-state index contributed by atoms with van der Waals surface area (Å²) in [4.78, 5) is 0. The quantitative estimate of drug-likeness (QED) is 0.317. The van der Waals surface area contributed by atoms with Crippen molar-refractivity contribution in [1.29, 1.82) is 21.2 Å². The highest BCUT2D eigenvalue weighted by Crippen LogP contribution is 2.33. The number of nitriles is 3. The fourth-order valence-corrected chi connectivity index (χ4v) is 1.34. The zero-order valence-electron chi connectivity index (χ0n) is 8.89. The van der Waals surface area contributed by atoms with Crippen molar-refractivity contribution in [1.82, 2.24) is 0 Å². The van der Waals surface area contributed by atoms with Crippen LogP contribution < -0.4 is 0 Å². The van der Waals surface area contributed by atoms with Crippen LogP contribution in [0.2, 0.25) is 0 Å². The molecule has 0 bridgehead atoms. The molecule has 0 aromatic heterocycles. The van der Waals surface area contributed by atoms with Crippen LogP contribution in [-0.2, 0) is 9.16 Å². The second-order valence-electron chi connectivity index (χ2n) is 3.06. The molecule has 1 aliphatic heterocycles. The van der Waals surface area contributed by atoms with Crippen molar-refractivity contribution in [3.05, 3.63) is 17.7 Å². The van der Waals surface area contributed by atoms with Crippen molar-refractivity contribution in [2.45, 2.75) is 6.10 Å². The zero-order chi connectivity index (χ0) is 12.9. The molecule has 0 spiro atoms. The Hall–Kier alpha value is -2.87. The van der Waals surface area contributed by atoms with E-state index >= 15 is 0 Å². The highest BCUT2D eigenvalue weighted by molar-refractivity contribution is 5.85. The number of ether oxygens (including phenoxy) is 1. The zero-order valence-corrected chi connectivity index (χ0v) is 8.89. The first kappa shape index (κ1) is 12.2. The van der Waals surface area contributed by atoms with Gasteiger partial charge in [0.25, 0.3) is 11.5 Å². The van der Waals surface area contributed by atoms with Crippen LogP contribution in [-0.4, -0.2) is 25.1 Å². The molecule has 1 unspecified atom stereocenters. The number of hydrogen-bond acceptors (Lipinski definition) is 5. The summed E-state index contributed by atoms with van der Waals surface area (Å²) >= 11 is 0. The normalized spacial score (nSPS) is 19.6. The first-order valence-corrected chi connectivity index (χ1v) is 4.47. The van der Waals surface area contributed by atoms with E-state index in [1.165, 1.54) is 19.3 Å². The fourth-order valence-electron chi connectivity index (χ4n) is 1.34. The monoisotopic (exact) mass is 227 g/mol. The molecule has 1 aliphatic rings. The Morgan fingerprint density at radius 1 is 1.47 bits per heavy atom. The number of carbonyl (C=O) groups excluding carboxylic acids is 1. The van der Waals surface area contributed by atoms with Crippen molar-refractivity contribution >= 4 is 11.8 Å². The Kier molecular flexibility index (Phi) is 3.42. The molecular weight excluding hydrogens is 220 g/mol. The smallest absolute Gasteiger partial charge is 0.322 e. The molecule has 0 radical (unpaired) electrons. The number of cyclic esters (lactones) is 1. The van der Waals surface area contributed by atoms with E-state index in [1.807, 2.05) is 0 Å². The SMILES string of the molecule is C[O+]=C1C=CC(C(C#N)(C#N)C(=C=N)C#N)O1. The van der Waals surface area contributed by atoms with Gasteiger partial charge >= 0.3 is 5.97 Å². The van der Waals surface area contributed by atoms with Gasteiger partial charge in [0, 0.05) is 6.08 Å². The predicted octanol–water partition coefficient (Wildman–Crippen LogP) is 0.366. The average molecular weight is 227 g/mol. The van der Waals surface area contributed by atoms with Gasteiger partial charge in [0.15, 0.2) is 7.11 Å². The van der Waals surface area contributed by atoms with Crippen LogP contribution in [0.5, 0.6) is 0 Å². The van der Waals surface area contributed by atoms with Gasteiger partial charge in [-0.1, -0.05) is 0 Å². The largest absolute Gasteiger partial charge is 0.512 e. The minimum absolute atomic E-state index is 0.146. The minimum Gasteiger partial charge on any atom is -0.322 e. The molecule has 0 aliphatic carbocycles. The molecular formula is C11H7N4O2+. The number of rotatable bonds is 2. The van der Waals surface area contributed by atoms with Crippen molar-refractivity contribution in [2.24, 2.45) is 5.41 Å². The van der Waals surface area contributed by atoms with E-state index in [1.54, 1.807) is 24.1 Å². The first-order chi connectivity index (χ1) is 8.18. The highest BCUT2D eigenvalue weighted by Gasteiger charge is 2.52. The van der Waals surface area contributed by atoms with Gasteiger partial charge in [-0.25, -0.2) is 0 Å². The average Bonchev–Trinajstić information content (AvgIpc) is 2.85. The van der Waals surface area contributed by atoms with Gasteiger partial charge in [0.1, 0.15) is 11.6 Å². The third-order valence-corrected chi connectivity index (χ3v) is 2.26. The number of esters is 1. The van der Waals surface area contributed by atoms with Crippen LogP contribution in [0.25, 0.3) is 0 Å². The Labute approximate surface area is 97.5 Å². The minimum atomic E-state index is -1.88. The first-order valence-electron chi connectivity index (χ1n) is 4.47. The van der Waals surface area contributed by atoms with Gasteiger partial charge in [0.05, 0.1) is 18.2 Å². The molecule has 0 saturated carbocycles. The van der Waals surface area contributed by atoms with Crippen molar-refractivity contribution in [3.8, 4) is 18.2 Å². The lowest BCUT2D eigenvalue weighted by molar-refractivity contribution is -0.430. The summed E-state index contributed by atoms with van der Waals surface area (Å²) < 4.78 is 9.99. The second kappa shape index (κ2) is 4.77. The molecule has 1 heterocycles. The number of hydrogen-bond donors (Lipinski definition) is 1. The molecule has 1 N–H and O–H groups in total. The second-order valence-corrected chi connectivity index (χ2v) is 3.06. The van der Waals surface area contributed by atoms with Gasteiger partial charge in [0.2, 0.25) is 0 Å². The Morgan fingerprint density at radius 3 is 2.47 bits per heavy atom. The molecule has 82 valence electrons. The van der Waals surface area contributed by atoms with Gasteiger partial charge in [-0.15, -0.1) is 0 Å². The summed E-state index contributed by atoms with van der Waals surface area (Å²) in [5.41, 5.74) is -2.28. The molecule has 1 rings (SSSR count). The Morgan fingerprint density at radius 2 is 2.12 bits per heavy atom. The molecule has 0 amide bonds. The fraction of sp³-hybridized carbons (Fsp3) is 0.273. The predicted molar refractivity (Wildman–Crippen MR) is 55.5 cm³/mol. The van der Waals surface area contributed by atoms with Crippen molar-refractivity contribution in [3.63, 3.8) is 0 Å². The lowest BCUT2D eigenvalue weighted by atomic mass is 9.79. The van der Waals surface area contributed by atoms with E-state index < -0.39 is 17.1 Å². The Balaban J connectivity index is 3.29. The van der Waals surface area contributed by atoms with Crippen LogP contribution in [0.4, 0.5) is 0 Å². The molecule has 6 heteroatoms. The number of nitrogens with one attached hydrogen (secondary N) is 1.